The van der Waals surface area contributed by atoms with Crippen LogP contribution in [-0.4, -0.2) is 36.8 Å². The molecule has 1 aliphatic heterocycles. The number of nitrogens with zero attached hydrogens (tertiary/aromatic N) is 1. The summed E-state index contributed by atoms with van der Waals surface area (Å²) in [5, 5.41) is 0. The standard InChI is InChI=1S/C18H17Br2NO3S/c19-14-5-3-4-13(10-14)11-21(15-8-9-25(23,24)12-15)18(22)16-6-1-2-7-17(16)20/h1-7,10,15H,8-9,11-12H2. The average molecular weight is 487 g/mol. The van der Waals surface area contributed by atoms with Gasteiger partial charge in [0, 0.05) is 21.5 Å². The van der Waals surface area contributed by atoms with Gasteiger partial charge in [0.25, 0.3) is 5.91 Å². The molecular weight excluding hydrogens is 470 g/mol. The fourth-order valence-electron chi connectivity index (χ4n) is 3.01. The lowest BCUT2D eigenvalue weighted by Crippen LogP contribution is -2.40. The smallest absolute Gasteiger partial charge is 0.255 e. The third kappa shape index (κ3) is 4.51. The Hall–Kier alpha value is -1.18. The Morgan fingerprint density at radius 3 is 2.52 bits per heavy atom. The zero-order valence-electron chi connectivity index (χ0n) is 13.4. The monoisotopic (exact) mass is 485 g/mol. The van der Waals surface area contributed by atoms with Gasteiger partial charge in [0.15, 0.2) is 9.84 Å². The van der Waals surface area contributed by atoms with E-state index in [2.05, 4.69) is 31.9 Å². The van der Waals surface area contributed by atoms with Gasteiger partial charge in [0.1, 0.15) is 0 Å². The van der Waals surface area contributed by atoms with Crippen molar-refractivity contribution in [2.24, 2.45) is 0 Å². The van der Waals surface area contributed by atoms with E-state index in [0.29, 0.717) is 23.0 Å². The first-order valence-corrected chi connectivity index (χ1v) is 11.3. The molecule has 1 amide bonds. The lowest BCUT2D eigenvalue weighted by molar-refractivity contribution is 0.0680. The summed E-state index contributed by atoms with van der Waals surface area (Å²) in [7, 11) is -3.08. The Balaban J connectivity index is 1.94. The number of sulfone groups is 1. The van der Waals surface area contributed by atoms with Crippen LogP contribution in [0.1, 0.15) is 22.3 Å². The van der Waals surface area contributed by atoms with Gasteiger partial charge in [-0.15, -0.1) is 0 Å². The van der Waals surface area contributed by atoms with Crippen molar-refractivity contribution in [2.45, 2.75) is 19.0 Å². The molecule has 2 aromatic rings. The van der Waals surface area contributed by atoms with Gasteiger partial charge in [-0.1, -0.05) is 40.2 Å². The topological polar surface area (TPSA) is 54.5 Å². The molecule has 7 heteroatoms. The quantitative estimate of drug-likeness (QED) is 0.655. The number of hydrogen-bond donors (Lipinski definition) is 0. The first kappa shape index (κ1) is 18.6. The van der Waals surface area contributed by atoms with E-state index in [1.165, 1.54) is 0 Å². The predicted molar refractivity (Wildman–Crippen MR) is 105 cm³/mol. The Morgan fingerprint density at radius 2 is 1.88 bits per heavy atom. The Morgan fingerprint density at radius 1 is 1.12 bits per heavy atom. The lowest BCUT2D eigenvalue weighted by Gasteiger charge is -2.29. The summed E-state index contributed by atoms with van der Waals surface area (Å²) >= 11 is 6.86. The molecule has 1 fully saturated rings. The Bertz CT molecular complexity index is 899. The Labute approximate surface area is 164 Å². The molecule has 2 aromatic carbocycles. The Kier molecular flexibility index (Phi) is 5.65. The summed E-state index contributed by atoms with van der Waals surface area (Å²) in [6.07, 6.45) is 0.479. The van der Waals surface area contributed by atoms with Crippen molar-refractivity contribution in [1.29, 1.82) is 0 Å². The summed E-state index contributed by atoms with van der Waals surface area (Å²) in [5.74, 6) is 0.00198. The van der Waals surface area contributed by atoms with Gasteiger partial charge in [-0.25, -0.2) is 8.42 Å². The van der Waals surface area contributed by atoms with Gasteiger partial charge in [0.2, 0.25) is 0 Å². The van der Waals surface area contributed by atoms with Crippen LogP contribution in [0.3, 0.4) is 0 Å². The zero-order valence-corrected chi connectivity index (χ0v) is 17.3. The second kappa shape index (κ2) is 7.60. The maximum Gasteiger partial charge on any atom is 0.255 e. The highest BCUT2D eigenvalue weighted by Gasteiger charge is 2.35. The third-order valence-corrected chi connectivity index (χ3v) is 7.19. The minimum absolute atomic E-state index is 0.0250. The van der Waals surface area contributed by atoms with Crippen LogP contribution in [0.15, 0.2) is 57.5 Å². The van der Waals surface area contributed by atoms with Gasteiger partial charge in [-0.2, -0.15) is 0 Å². The van der Waals surface area contributed by atoms with Crippen molar-refractivity contribution in [1.82, 2.24) is 4.90 Å². The predicted octanol–water partition coefficient (Wildman–Crippen LogP) is 4.04. The van der Waals surface area contributed by atoms with Gasteiger partial charge < -0.3 is 4.90 Å². The zero-order chi connectivity index (χ0) is 18.0. The molecule has 25 heavy (non-hydrogen) atoms. The van der Waals surface area contributed by atoms with Crippen LogP contribution in [0.5, 0.6) is 0 Å². The van der Waals surface area contributed by atoms with Crippen LogP contribution in [0, 0.1) is 0 Å². The van der Waals surface area contributed by atoms with Gasteiger partial charge in [-0.05, 0) is 52.2 Å². The second-order valence-corrected chi connectivity index (χ2v) is 10.1. The number of amides is 1. The molecule has 0 saturated carbocycles. The summed E-state index contributed by atoms with van der Waals surface area (Å²) in [6, 6.07) is 14.6. The molecule has 0 aliphatic carbocycles. The first-order chi connectivity index (χ1) is 11.9. The maximum atomic E-state index is 13.1. The maximum absolute atomic E-state index is 13.1. The number of rotatable bonds is 4. The lowest BCUT2D eigenvalue weighted by atomic mass is 10.1. The molecule has 0 spiro atoms. The molecule has 0 aromatic heterocycles. The van der Waals surface area contributed by atoms with Crippen molar-refractivity contribution >= 4 is 47.6 Å². The summed E-state index contributed by atoms with van der Waals surface area (Å²) in [5.41, 5.74) is 1.50. The molecule has 3 rings (SSSR count). The summed E-state index contributed by atoms with van der Waals surface area (Å²) in [4.78, 5) is 14.8. The van der Waals surface area contributed by atoms with Crippen LogP contribution < -0.4 is 0 Å². The fraction of sp³-hybridized carbons (Fsp3) is 0.278. The van der Waals surface area contributed by atoms with Crippen LogP contribution >= 0.6 is 31.9 Å². The highest BCUT2D eigenvalue weighted by molar-refractivity contribution is 9.10. The molecule has 1 unspecified atom stereocenters. The summed E-state index contributed by atoms with van der Waals surface area (Å²) in [6.45, 7) is 0.375. The number of carbonyl (C=O) groups is 1. The van der Waals surface area contributed by atoms with E-state index in [1.807, 2.05) is 36.4 Å². The van der Waals surface area contributed by atoms with Crippen LogP contribution in [0.25, 0.3) is 0 Å². The molecule has 132 valence electrons. The molecule has 4 nitrogen and oxygen atoms in total. The number of hydrogen-bond acceptors (Lipinski definition) is 3. The van der Waals surface area contributed by atoms with Crippen molar-refractivity contribution in [2.75, 3.05) is 11.5 Å². The minimum atomic E-state index is -3.08. The van der Waals surface area contributed by atoms with E-state index < -0.39 is 9.84 Å². The molecular formula is C18H17Br2NO3S. The molecule has 0 bridgehead atoms. The first-order valence-electron chi connectivity index (χ1n) is 7.86. The van der Waals surface area contributed by atoms with E-state index in [9.17, 15) is 13.2 Å². The fourth-order valence-corrected chi connectivity index (χ4v) is 5.64. The SMILES string of the molecule is O=C(c1ccccc1Br)N(Cc1cccc(Br)c1)C1CCS(=O)(=O)C1. The van der Waals surface area contributed by atoms with Gasteiger partial charge >= 0.3 is 0 Å². The van der Waals surface area contributed by atoms with E-state index in [4.69, 9.17) is 0 Å². The van der Waals surface area contributed by atoms with E-state index >= 15 is 0 Å². The normalized spacial score (nSPS) is 18.9. The van der Waals surface area contributed by atoms with E-state index in [1.54, 1.807) is 17.0 Å². The van der Waals surface area contributed by atoms with Crippen molar-refractivity contribution in [3.05, 3.63) is 68.6 Å². The van der Waals surface area contributed by atoms with E-state index in [-0.39, 0.29) is 23.5 Å². The van der Waals surface area contributed by atoms with Crippen LogP contribution in [-0.2, 0) is 16.4 Å². The van der Waals surface area contributed by atoms with Gasteiger partial charge in [0.05, 0.1) is 17.1 Å². The molecule has 0 N–H and O–H groups in total. The largest absolute Gasteiger partial charge is 0.330 e. The molecule has 1 aliphatic rings. The number of benzene rings is 2. The van der Waals surface area contributed by atoms with Crippen molar-refractivity contribution in [3.8, 4) is 0 Å². The molecule has 1 saturated heterocycles. The third-order valence-electron chi connectivity index (χ3n) is 4.26. The van der Waals surface area contributed by atoms with Crippen molar-refractivity contribution in [3.63, 3.8) is 0 Å². The minimum Gasteiger partial charge on any atom is -0.330 e. The highest BCUT2D eigenvalue weighted by Crippen LogP contribution is 2.26. The molecule has 0 radical (unpaired) electrons. The molecule has 1 atom stereocenters. The average Bonchev–Trinajstić information content (AvgIpc) is 2.92. The number of halogens is 2. The van der Waals surface area contributed by atoms with Gasteiger partial charge in [-0.3, -0.25) is 4.79 Å². The van der Waals surface area contributed by atoms with E-state index in [0.717, 1.165) is 10.0 Å². The number of carbonyl (C=O) groups excluding carboxylic acids is 1. The van der Waals surface area contributed by atoms with Crippen LogP contribution in [0.2, 0.25) is 0 Å². The second-order valence-electron chi connectivity index (χ2n) is 6.10. The van der Waals surface area contributed by atoms with Crippen LogP contribution in [0.4, 0.5) is 0 Å². The highest BCUT2D eigenvalue weighted by atomic mass is 79.9. The van der Waals surface area contributed by atoms with Crippen molar-refractivity contribution < 1.29 is 13.2 Å². The molecule has 1 heterocycles. The summed E-state index contributed by atoms with van der Waals surface area (Å²) < 4.78 is 25.5.